The van der Waals surface area contributed by atoms with E-state index in [4.69, 9.17) is 4.74 Å². The Morgan fingerprint density at radius 3 is 2.58 bits per heavy atom. The van der Waals surface area contributed by atoms with Crippen molar-refractivity contribution in [3.63, 3.8) is 0 Å². The number of hydrogen-bond acceptors (Lipinski definition) is 2. The quantitative estimate of drug-likeness (QED) is 0.661. The number of carbonyl (C=O) groups excluding carboxylic acids is 1. The molecule has 2 nitrogen and oxygen atoms in total. The Kier molecular flexibility index (Phi) is 5.04. The van der Waals surface area contributed by atoms with E-state index >= 15 is 0 Å². The summed E-state index contributed by atoms with van der Waals surface area (Å²) in [5.41, 5.74) is 0.0242. The lowest BCUT2D eigenvalue weighted by atomic mass is 9.63. The molecular formula is C22H36O2. The molecule has 4 bridgehead atoms. The first-order valence-electron chi connectivity index (χ1n) is 10.9. The van der Waals surface area contributed by atoms with Crippen LogP contribution in [0.3, 0.4) is 0 Å². The van der Waals surface area contributed by atoms with Gasteiger partial charge in [0.2, 0.25) is 0 Å². The van der Waals surface area contributed by atoms with Gasteiger partial charge in [-0.2, -0.15) is 0 Å². The van der Waals surface area contributed by atoms with Crippen LogP contribution in [0, 0.1) is 29.6 Å². The monoisotopic (exact) mass is 332 g/mol. The molecule has 0 aromatic heterocycles. The molecule has 0 aromatic carbocycles. The first-order valence-corrected chi connectivity index (χ1v) is 10.9. The van der Waals surface area contributed by atoms with Crippen molar-refractivity contribution in [3.8, 4) is 0 Å². The third-order valence-corrected chi connectivity index (χ3v) is 8.29. The summed E-state index contributed by atoms with van der Waals surface area (Å²) in [5.74, 6) is 4.02. The van der Waals surface area contributed by atoms with Gasteiger partial charge in [0, 0.05) is 5.92 Å². The van der Waals surface area contributed by atoms with Crippen LogP contribution in [0.4, 0.5) is 0 Å². The van der Waals surface area contributed by atoms with E-state index in [0.717, 1.165) is 24.7 Å². The second-order valence-corrected chi connectivity index (χ2v) is 9.42. The fraction of sp³-hybridized carbons (Fsp3) is 0.955. The predicted molar refractivity (Wildman–Crippen MR) is 96.8 cm³/mol. The Balaban J connectivity index is 1.37. The molecule has 6 atom stereocenters. The number of ketones is 1. The van der Waals surface area contributed by atoms with E-state index in [-0.39, 0.29) is 5.60 Å². The Hall–Kier alpha value is -0.370. The average molecular weight is 333 g/mol. The van der Waals surface area contributed by atoms with E-state index < -0.39 is 0 Å². The second kappa shape index (κ2) is 7.09. The number of rotatable bonds is 5. The van der Waals surface area contributed by atoms with Crippen molar-refractivity contribution in [1.29, 1.82) is 0 Å². The predicted octanol–water partition coefficient (Wildman–Crippen LogP) is 5.54. The smallest absolute Gasteiger partial charge is 0.161 e. The van der Waals surface area contributed by atoms with Crippen LogP contribution in [0.25, 0.3) is 0 Å². The second-order valence-electron chi connectivity index (χ2n) is 9.42. The van der Waals surface area contributed by atoms with Crippen molar-refractivity contribution in [3.05, 3.63) is 0 Å². The number of Topliss-reactive ketones (excluding diaryl/α,β-unsaturated/α-hetero) is 1. The van der Waals surface area contributed by atoms with E-state index in [2.05, 4.69) is 6.92 Å². The van der Waals surface area contributed by atoms with Gasteiger partial charge >= 0.3 is 0 Å². The van der Waals surface area contributed by atoms with E-state index in [1.54, 1.807) is 0 Å². The highest BCUT2D eigenvalue weighted by Crippen LogP contribution is 2.49. The van der Waals surface area contributed by atoms with Gasteiger partial charge in [0.1, 0.15) is 6.61 Å². The molecule has 0 aliphatic heterocycles. The number of carbonyl (C=O) groups is 1. The summed E-state index contributed by atoms with van der Waals surface area (Å²) >= 11 is 0. The minimum atomic E-state index is 0.0242. The van der Waals surface area contributed by atoms with Crippen molar-refractivity contribution in [2.75, 3.05) is 6.61 Å². The van der Waals surface area contributed by atoms with Crippen LogP contribution in [0.5, 0.6) is 0 Å². The minimum absolute atomic E-state index is 0.0242. The third-order valence-electron chi connectivity index (χ3n) is 8.29. The van der Waals surface area contributed by atoms with Gasteiger partial charge in [0.05, 0.1) is 5.60 Å². The Morgan fingerprint density at radius 1 is 0.958 bits per heavy atom. The molecule has 2 heteroatoms. The van der Waals surface area contributed by atoms with Crippen LogP contribution in [-0.4, -0.2) is 18.0 Å². The third kappa shape index (κ3) is 3.20. The van der Waals surface area contributed by atoms with Crippen LogP contribution >= 0.6 is 0 Å². The Labute approximate surface area is 148 Å². The summed E-state index contributed by atoms with van der Waals surface area (Å²) in [6, 6.07) is 0. The van der Waals surface area contributed by atoms with Gasteiger partial charge in [-0.05, 0) is 81.5 Å². The van der Waals surface area contributed by atoms with Crippen LogP contribution in [0.2, 0.25) is 0 Å². The minimum Gasteiger partial charge on any atom is -0.367 e. The normalized spacial score (nSPS) is 45.0. The van der Waals surface area contributed by atoms with Gasteiger partial charge in [-0.25, -0.2) is 0 Å². The maximum absolute atomic E-state index is 12.9. The molecule has 0 radical (unpaired) electrons. The van der Waals surface area contributed by atoms with Gasteiger partial charge in [-0.3, -0.25) is 4.79 Å². The molecule has 4 aliphatic carbocycles. The van der Waals surface area contributed by atoms with Crippen molar-refractivity contribution >= 4 is 5.78 Å². The van der Waals surface area contributed by atoms with Crippen LogP contribution in [0.1, 0.15) is 90.4 Å². The molecule has 136 valence electrons. The average Bonchev–Trinajstić information content (AvgIpc) is 2.62. The standard InChI is InChI=1S/C22H36O2/c1-2-22(12-11-17-6-4-8-19(22)14-17)24-15-21(23)20-10-9-16-5-3-7-18(20)13-16/h16-20H,2-15H2,1H3/t16-,17-,18-,19-,20?,22+/m0/s1. The molecule has 4 rings (SSSR count). The molecule has 0 N–H and O–H groups in total. The molecule has 24 heavy (non-hydrogen) atoms. The zero-order valence-electron chi connectivity index (χ0n) is 15.6. The van der Waals surface area contributed by atoms with Crippen LogP contribution in [-0.2, 0) is 9.53 Å². The van der Waals surface area contributed by atoms with Gasteiger partial charge in [0.15, 0.2) is 5.78 Å². The maximum Gasteiger partial charge on any atom is 0.161 e. The van der Waals surface area contributed by atoms with Crippen molar-refractivity contribution in [1.82, 2.24) is 0 Å². The molecule has 4 fully saturated rings. The summed E-state index contributed by atoms with van der Waals surface area (Å²) < 4.78 is 6.51. The van der Waals surface area contributed by atoms with Gasteiger partial charge < -0.3 is 4.74 Å². The maximum atomic E-state index is 12.9. The zero-order valence-corrected chi connectivity index (χ0v) is 15.6. The molecule has 1 unspecified atom stereocenters. The molecule has 4 saturated carbocycles. The molecule has 0 saturated heterocycles. The lowest BCUT2D eigenvalue weighted by Gasteiger charge is -2.49. The van der Waals surface area contributed by atoms with Crippen LogP contribution in [0.15, 0.2) is 0 Å². The fourth-order valence-electron chi connectivity index (χ4n) is 6.80. The number of ether oxygens (including phenoxy) is 1. The lowest BCUT2D eigenvalue weighted by molar-refractivity contribution is -0.156. The zero-order chi connectivity index (χ0) is 16.6. The highest BCUT2D eigenvalue weighted by atomic mass is 16.5. The summed E-state index contributed by atoms with van der Waals surface area (Å²) in [7, 11) is 0. The Bertz CT molecular complexity index is 459. The summed E-state index contributed by atoms with van der Waals surface area (Å²) in [4.78, 5) is 12.9. The first kappa shape index (κ1) is 17.1. The molecule has 0 heterocycles. The highest BCUT2D eigenvalue weighted by Gasteiger charge is 2.45. The topological polar surface area (TPSA) is 26.3 Å². The number of fused-ring (bicyclic) bond motifs is 4. The SMILES string of the molecule is CC[C@@]1(OCC(=O)C2CC[C@@H]3CCC[C@H]2C3)CC[C@@H]2CCC[C@H]1C2. The van der Waals surface area contributed by atoms with E-state index in [9.17, 15) is 4.79 Å². The summed E-state index contributed by atoms with van der Waals surface area (Å²) in [5, 5.41) is 0. The molecule has 0 spiro atoms. The molecule has 0 amide bonds. The molecular weight excluding hydrogens is 296 g/mol. The van der Waals surface area contributed by atoms with E-state index in [0.29, 0.717) is 30.1 Å². The van der Waals surface area contributed by atoms with Crippen molar-refractivity contribution in [2.45, 2.75) is 96.0 Å². The van der Waals surface area contributed by atoms with Crippen molar-refractivity contribution < 1.29 is 9.53 Å². The Morgan fingerprint density at radius 2 is 1.75 bits per heavy atom. The van der Waals surface area contributed by atoms with Crippen molar-refractivity contribution in [2.24, 2.45) is 29.6 Å². The largest absolute Gasteiger partial charge is 0.367 e. The van der Waals surface area contributed by atoms with Gasteiger partial charge in [-0.15, -0.1) is 0 Å². The highest BCUT2D eigenvalue weighted by molar-refractivity contribution is 5.82. The molecule has 0 aromatic rings. The van der Waals surface area contributed by atoms with E-state index in [1.807, 2.05) is 0 Å². The first-order chi connectivity index (χ1) is 11.7. The van der Waals surface area contributed by atoms with Gasteiger partial charge in [0.25, 0.3) is 0 Å². The van der Waals surface area contributed by atoms with Gasteiger partial charge in [-0.1, -0.05) is 32.6 Å². The number of hydrogen-bond donors (Lipinski definition) is 0. The van der Waals surface area contributed by atoms with E-state index in [1.165, 1.54) is 70.6 Å². The van der Waals surface area contributed by atoms with Crippen LogP contribution < -0.4 is 0 Å². The molecule has 4 aliphatic rings. The fourth-order valence-corrected chi connectivity index (χ4v) is 6.80. The summed E-state index contributed by atoms with van der Waals surface area (Å²) in [6.07, 6.45) is 16.9. The summed E-state index contributed by atoms with van der Waals surface area (Å²) in [6.45, 7) is 2.69. The lowest BCUT2D eigenvalue weighted by Crippen LogP contribution is -2.48.